The normalized spacial score (nSPS) is 12.2. The molecule has 0 aliphatic heterocycles. The van der Waals surface area contributed by atoms with E-state index in [1.807, 2.05) is 0 Å². The highest BCUT2D eigenvalue weighted by Crippen LogP contribution is 2.28. The van der Waals surface area contributed by atoms with Gasteiger partial charge in [0.15, 0.2) is 5.69 Å². The average Bonchev–Trinajstić information content (AvgIpc) is 2.70. The molecule has 0 aliphatic carbocycles. The summed E-state index contributed by atoms with van der Waals surface area (Å²) in [4.78, 5) is 12.2. The van der Waals surface area contributed by atoms with E-state index >= 15 is 0 Å². The fraction of sp³-hybridized carbons (Fsp3) is 0.600. The molecule has 1 amide bonds. The Labute approximate surface area is 119 Å². The molecule has 0 aliphatic rings. The lowest BCUT2D eigenvalue weighted by molar-refractivity contribution is 0.0612. The molecule has 1 rings (SSSR count). The van der Waals surface area contributed by atoms with Crippen molar-refractivity contribution in [2.75, 3.05) is 13.6 Å². The predicted molar refractivity (Wildman–Crippen MR) is 68.7 cm³/mol. The predicted octanol–water partition coefficient (Wildman–Crippen LogP) is 1.80. The second kappa shape index (κ2) is 6.04. The van der Waals surface area contributed by atoms with Crippen molar-refractivity contribution >= 4 is 25.6 Å². The zero-order chi connectivity index (χ0) is 15.7. The molecule has 1 aromatic heterocycles. The summed E-state index contributed by atoms with van der Waals surface area (Å²) in [5.41, 5.74) is -0.319. The molecular weight excluding hydrogens is 316 g/mol. The van der Waals surface area contributed by atoms with Gasteiger partial charge in [-0.3, -0.25) is 9.89 Å². The number of H-pyrrole nitrogens is 1. The van der Waals surface area contributed by atoms with Crippen molar-refractivity contribution < 1.29 is 22.0 Å². The van der Waals surface area contributed by atoms with Crippen molar-refractivity contribution in [3.63, 3.8) is 0 Å². The van der Waals surface area contributed by atoms with Crippen LogP contribution in [-0.2, 0) is 9.05 Å². The minimum absolute atomic E-state index is 0.161. The first kappa shape index (κ1) is 16.8. The Kier molecular flexibility index (Phi) is 5.09. The maximum Gasteiger partial charge on any atom is 0.275 e. The number of halogens is 3. The minimum Gasteiger partial charge on any atom is -0.335 e. The molecule has 0 bridgehead atoms. The van der Waals surface area contributed by atoms with Gasteiger partial charge in [0.05, 0.1) is 12.2 Å². The van der Waals surface area contributed by atoms with E-state index in [1.165, 1.54) is 0 Å². The van der Waals surface area contributed by atoms with Crippen LogP contribution in [-0.4, -0.2) is 49.4 Å². The van der Waals surface area contributed by atoms with Crippen LogP contribution in [0.1, 0.15) is 35.9 Å². The number of rotatable bonds is 5. The van der Waals surface area contributed by atoms with E-state index in [0.29, 0.717) is 4.90 Å². The standard InChI is InChI=1S/C10H14ClF2N3O3S/c1-5(2)7-9(20(11,18)19)8(15-14-7)10(17)16(3)4-6(12)13/h5-6H,4H2,1-3H3,(H,14,15). The van der Waals surface area contributed by atoms with Crippen LogP contribution in [0.3, 0.4) is 0 Å². The van der Waals surface area contributed by atoms with Gasteiger partial charge in [-0.2, -0.15) is 5.10 Å². The zero-order valence-corrected chi connectivity index (χ0v) is 12.6. The Bertz CT molecular complexity index is 601. The van der Waals surface area contributed by atoms with Crippen LogP contribution in [0.5, 0.6) is 0 Å². The lowest BCUT2D eigenvalue weighted by Gasteiger charge is -2.15. The highest BCUT2D eigenvalue weighted by Gasteiger charge is 2.31. The van der Waals surface area contributed by atoms with Crippen LogP contribution < -0.4 is 0 Å². The van der Waals surface area contributed by atoms with Gasteiger partial charge in [-0.05, 0) is 5.92 Å². The van der Waals surface area contributed by atoms with Gasteiger partial charge in [0.2, 0.25) is 0 Å². The van der Waals surface area contributed by atoms with Crippen LogP contribution in [0, 0.1) is 0 Å². The number of carbonyl (C=O) groups is 1. The van der Waals surface area contributed by atoms with Crippen molar-refractivity contribution in [2.45, 2.75) is 31.1 Å². The van der Waals surface area contributed by atoms with E-state index in [4.69, 9.17) is 10.7 Å². The zero-order valence-electron chi connectivity index (χ0n) is 11.0. The van der Waals surface area contributed by atoms with E-state index in [9.17, 15) is 22.0 Å². The molecule has 0 saturated carbocycles. The largest absolute Gasteiger partial charge is 0.335 e. The van der Waals surface area contributed by atoms with Crippen molar-refractivity contribution in [1.29, 1.82) is 0 Å². The summed E-state index contributed by atoms with van der Waals surface area (Å²) in [5.74, 6) is -1.22. The molecule has 0 unspecified atom stereocenters. The topological polar surface area (TPSA) is 83.1 Å². The summed E-state index contributed by atoms with van der Waals surface area (Å²) in [6.07, 6.45) is -2.73. The molecule has 1 heterocycles. The van der Waals surface area contributed by atoms with Crippen molar-refractivity contribution in [3.8, 4) is 0 Å². The molecule has 1 aromatic rings. The number of hydrogen-bond donors (Lipinski definition) is 1. The third-order valence-electron chi connectivity index (χ3n) is 2.53. The molecule has 0 saturated heterocycles. The number of nitrogens with zero attached hydrogens (tertiary/aromatic N) is 2. The van der Waals surface area contributed by atoms with Crippen molar-refractivity contribution in [3.05, 3.63) is 11.4 Å². The number of carbonyl (C=O) groups excluding carboxylic acids is 1. The fourth-order valence-corrected chi connectivity index (χ4v) is 2.98. The molecule has 0 fully saturated rings. The summed E-state index contributed by atoms with van der Waals surface area (Å²) < 4.78 is 47.7. The van der Waals surface area contributed by atoms with E-state index in [-0.39, 0.29) is 11.6 Å². The van der Waals surface area contributed by atoms with Crippen LogP contribution in [0.4, 0.5) is 8.78 Å². The Morgan fingerprint density at radius 3 is 2.40 bits per heavy atom. The lowest BCUT2D eigenvalue weighted by Crippen LogP contribution is -2.32. The maximum absolute atomic E-state index is 12.3. The number of nitrogens with one attached hydrogen (secondary N) is 1. The van der Waals surface area contributed by atoms with Gasteiger partial charge < -0.3 is 4.90 Å². The number of aromatic amines is 1. The average molecular weight is 330 g/mol. The summed E-state index contributed by atoms with van der Waals surface area (Å²) >= 11 is 0. The molecule has 114 valence electrons. The number of aromatic nitrogens is 2. The quantitative estimate of drug-likeness (QED) is 0.835. The van der Waals surface area contributed by atoms with E-state index in [0.717, 1.165) is 7.05 Å². The second-order valence-electron chi connectivity index (χ2n) is 4.48. The Hall–Kier alpha value is -1.22. The fourth-order valence-electron chi connectivity index (χ4n) is 1.60. The Morgan fingerprint density at radius 1 is 1.45 bits per heavy atom. The summed E-state index contributed by atoms with van der Waals surface area (Å²) in [5, 5.41) is 6.03. The van der Waals surface area contributed by atoms with Gasteiger partial charge in [-0.15, -0.1) is 0 Å². The molecule has 6 nitrogen and oxygen atoms in total. The van der Waals surface area contributed by atoms with E-state index in [1.54, 1.807) is 13.8 Å². The van der Waals surface area contributed by atoms with Gasteiger partial charge in [0.25, 0.3) is 21.4 Å². The molecule has 20 heavy (non-hydrogen) atoms. The first-order chi connectivity index (χ1) is 9.05. The first-order valence-electron chi connectivity index (χ1n) is 5.62. The summed E-state index contributed by atoms with van der Waals surface area (Å²) in [6.45, 7) is 2.52. The van der Waals surface area contributed by atoms with Gasteiger partial charge >= 0.3 is 0 Å². The molecule has 1 N–H and O–H groups in total. The Morgan fingerprint density at radius 2 is 2.00 bits per heavy atom. The van der Waals surface area contributed by atoms with Crippen molar-refractivity contribution in [1.82, 2.24) is 15.1 Å². The molecule has 0 atom stereocenters. The van der Waals surface area contributed by atoms with Gasteiger partial charge in [-0.25, -0.2) is 17.2 Å². The van der Waals surface area contributed by atoms with Gasteiger partial charge in [0, 0.05) is 17.7 Å². The SMILES string of the molecule is CC(C)c1[nH]nc(C(=O)N(C)CC(F)F)c1S(=O)(=O)Cl. The van der Waals surface area contributed by atoms with Crippen LogP contribution in [0.25, 0.3) is 0 Å². The molecule has 0 radical (unpaired) electrons. The molecule has 0 aromatic carbocycles. The van der Waals surface area contributed by atoms with Crippen LogP contribution in [0.15, 0.2) is 4.90 Å². The number of hydrogen-bond acceptors (Lipinski definition) is 4. The molecule has 0 spiro atoms. The number of alkyl halides is 2. The highest BCUT2D eigenvalue weighted by molar-refractivity contribution is 8.13. The van der Waals surface area contributed by atoms with Crippen molar-refractivity contribution in [2.24, 2.45) is 0 Å². The van der Waals surface area contributed by atoms with Crippen LogP contribution >= 0.6 is 10.7 Å². The monoisotopic (exact) mass is 329 g/mol. The van der Waals surface area contributed by atoms with Crippen LogP contribution in [0.2, 0.25) is 0 Å². The Balaban J connectivity index is 3.30. The molecule has 10 heteroatoms. The van der Waals surface area contributed by atoms with E-state index in [2.05, 4.69) is 10.2 Å². The maximum atomic E-state index is 12.3. The van der Waals surface area contributed by atoms with Gasteiger partial charge in [0.1, 0.15) is 4.90 Å². The van der Waals surface area contributed by atoms with E-state index < -0.39 is 38.5 Å². The third-order valence-corrected chi connectivity index (χ3v) is 3.89. The highest BCUT2D eigenvalue weighted by atomic mass is 35.7. The molecular formula is C10H14ClF2N3O3S. The third kappa shape index (κ3) is 3.66. The minimum atomic E-state index is -4.23. The summed E-state index contributed by atoms with van der Waals surface area (Å²) in [7, 11) is 2.20. The first-order valence-corrected chi connectivity index (χ1v) is 7.93. The second-order valence-corrected chi connectivity index (χ2v) is 6.99. The van der Waals surface area contributed by atoms with Gasteiger partial charge in [-0.1, -0.05) is 13.8 Å². The lowest BCUT2D eigenvalue weighted by atomic mass is 10.1. The number of amides is 1. The smallest absolute Gasteiger partial charge is 0.275 e. The summed E-state index contributed by atoms with van der Waals surface area (Å²) in [6, 6.07) is 0.